The maximum absolute atomic E-state index is 13.0. The van der Waals surface area contributed by atoms with E-state index in [-0.39, 0.29) is 0 Å². The van der Waals surface area contributed by atoms with Crippen LogP contribution in [0, 0.1) is 11.3 Å². The number of rotatable bonds is 2. The molecule has 0 aliphatic carbocycles. The molecule has 11 heteroatoms. The molecular weight excluding hydrogens is 356 g/mol. The number of aliphatic hydroxyl groups excluding tert-OH is 1. The number of anilines is 1. The van der Waals surface area contributed by atoms with Crippen LogP contribution in [0.15, 0.2) is 18.2 Å². The lowest BCUT2D eigenvalue weighted by Gasteiger charge is -2.28. The molecule has 1 heterocycles. The number of carbonyl (C=O) groups is 1. The first-order chi connectivity index (χ1) is 11.4. The van der Waals surface area contributed by atoms with E-state index in [1.165, 1.54) is 6.07 Å². The maximum atomic E-state index is 13.0. The lowest BCUT2D eigenvalue weighted by Crippen LogP contribution is -2.49. The zero-order valence-corrected chi connectivity index (χ0v) is 12.6. The summed E-state index contributed by atoms with van der Waals surface area (Å²) in [6.45, 7) is -0.527. The van der Waals surface area contributed by atoms with Crippen LogP contribution in [0.25, 0.3) is 0 Å². The summed E-state index contributed by atoms with van der Waals surface area (Å²) in [5.41, 5.74) is -2.60. The molecule has 1 aliphatic heterocycles. The third kappa shape index (κ3) is 3.48. The van der Waals surface area contributed by atoms with Crippen LogP contribution in [0.5, 0.6) is 0 Å². The molecule has 5 nitrogen and oxygen atoms in total. The Hall–Kier alpha value is -2.48. The van der Waals surface area contributed by atoms with E-state index < -0.39 is 53.9 Å². The average molecular weight is 367 g/mol. The molecule has 25 heavy (non-hydrogen) atoms. The van der Waals surface area contributed by atoms with Crippen LogP contribution in [0.1, 0.15) is 11.1 Å². The highest BCUT2D eigenvalue weighted by atomic mass is 19.4. The van der Waals surface area contributed by atoms with Crippen LogP contribution in [0.2, 0.25) is 0 Å². The standard InChI is InChI=1S/C14H11F6N3O2/c1-22-6-10(11(24)14(18,19)20)23(12(22)25)8-3-2-7(5-21)9(4-8)13(15,16)17/h2-4,10-11,24H,6H2,1H3/t10?,11-/m0/s1. The van der Waals surface area contributed by atoms with Crippen LogP contribution in [-0.4, -0.2) is 48.0 Å². The minimum absolute atomic E-state index is 0.422. The Morgan fingerprint density at radius 1 is 1.28 bits per heavy atom. The Labute approximate surface area is 137 Å². The zero-order valence-electron chi connectivity index (χ0n) is 12.6. The summed E-state index contributed by atoms with van der Waals surface area (Å²) in [5.74, 6) is 0. The number of nitrogens with zero attached hydrogens (tertiary/aromatic N) is 3. The first kappa shape index (κ1) is 18.9. The Morgan fingerprint density at radius 2 is 1.88 bits per heavy atom. The van der Waals surface area contributed by atoms with Crippen molar-refractivity contribution < 1.29 is 36.2 Å². The van der Waals surface area contributed by atoms with E-state index in [4.69, 9.17) is 5.26 Å². The topological polar surface area (TPSA) is 67.6 Å². The highest BCUT2D eigenvalue weighted by Crippen LogP contribution is 2.37. The summed E-state index contributed by atoms with van der Waals surface area (Å²) < 4.78 is 77.5. The van der Waals surface area contributed by atoms with Crippen LogP contribution in [0.3, 0.4) is 0 Å². The molecule has 0 bridgehead atoms. The van der Waals surface area contributed by atoms with E-state index in [0.717, 1.165) is 24.1 Å². The maximum Gasteiger partial charge on any atom is 0.417 e. The second-order valence-electron chi connectivity index (χ2n) is 5.43. The van der Waals surface area contributed by atoms with Gasteiger partial charge in [-0.2, -0.15) is 31.6 Å². The van der Waals surface area contributed by atoms with Crippen molar-refractivity contribution >= 4 is 11.7 Å². The number of nitriles is 1. The Balaban J connectivity index is 2.54. The fraction of sp³-hybridized carbons (Fsp3) is 0.429. The summed E-state index contributed by atoms with van der Waals surface area (Å²) in [6, 6.07) is 0.646. The molecule has 1 aromatic rings. The highest BCUT2D eigenvalue weighted by molar-refractivity contribution is 5.95. The van der Waals surface area contributed by atoms with Crippen molar-refractivity contribution in [2.45, 2.75) is 24.5 Å². The second-order valence-corrected chi connectivity index (χ2v) is 5.43. The zero-order chi connectivity index (χ0) is 19.2. The van der Waals surface area contributed by atoms with Crippen molar-refractivity contribution in [3.8, 4) is 6.07 Å². The van der Waals surface area contributed by atoms with Crippen molar-refractivity contribution in [2.75, 3.05) is 18.5 Å². The summed E-state index contributed by atoms with van der Waals surface area (Å²) >= 11 is 0. The van der Waals surface area contributed by atoms with E-state index in [0.29, 0.717) is 11.0 Å². The predicted octanol–water partition coefficient (Wildman–Crippen LogP) is 2.74. The fourth-order valence-electron chi connectivity index (χ4n) is 2.54. The van der Waals surface area contributed by atoms with Crippen molar-refractivity contribution in [3.05, 3.63) is 29.3 Å². The quantitative estimate of drug-likeness (QED) is 0.818. The molecule has 1 unspecified atom stereocenters. The highest BCUT2D eigenvalue weighted by Gasteiger charge is 2.51. The molecular formula is C14H11F6N3O2. The SMILES string of the molecule is CN1CC([C@H](O)C(F)(F)F)N(c2ccc(C#N)c(C(F)(F)F)c2)C1=O. The van der Waals surface area contributed by atoms with E-state index in [2.05, 4.69) is 0 Å². The molecule has 2 atom stereocenters. The molecule has 0 radical (unpaired) electrons. The van der Waals surface area contributed by atoms with Gasteiger partial charge in [0.2, 0.25) is 0 Å². The molecule has 0 saturated carbocycles. The van der Waals surface area contributed by atoms with Crippen molar-refractivity contribution in [1.82, 2.24) is 4.90 Å². The number of aliphatic hydroxyl groups is 1. The Kier molecular flexibility index (Phi) is 4.61. The number of urea groups is 1. The molecule has 1 fully saturated rings. The van der Waals surface area contributed by atoms with Gasteiger partial charge >= 0.3 is 18.4 Å². The number of hydrogen-bond donors (Lipinski definition) is 1. The number of likely N-dealkylation sites (N-methyl/N-ethyl adjacent to an activating group) is 1. The van der Waals surface area contributed by atoms with Gasteiger partial charge in [0.25, 0.3) is 0 Å². The predicted molar refractivity (Wildman–Crippen MR) is 72.5 cm³/mol. The molecule has 2 amide bonds. The van der Waals surface area contributed by atoms with Gasteiger partial charge < -0.3 is 10.0 Å². The Morgan fingerprint density at radius 3 is 2.36 bits per heavy atom. The monoisotopic (exact) mass is 367 g/mol. The van der Waals surface area contributed by atoms with Gasteiger partial charge in [0.05, 0.1) is 23.2 Å². The Bertz CT molecular complexity index is 725. The summed E-state index contributed by atoms with van der Waals surface area (Å²) in [5, 5.41) is 18.2. The fourth-order valence-corrected chi connectivity index (χ4v) is 2.54. The third-order valence-corrected chi connectivity index (χ3v) is 3.73. The normalized spacial score (nSPS) is 20.0. The summed E-state index contributed by atoms with van der Waals surface area (Å²) in [6.07, 6.45) is -12.9. The van der Waals surface area contributed by atoms with Crippen molar-refractivity contribution in [1.29, 1.82) is 5.26 Å². The van der Waals surface area contributed by atoms with Gasteiger partial charge in [-0.15, -0.1) is 0 Å². The number of alkyl halides is 6. The third-order valence-electron chi connectivity index (χ3n) is 3.73. The molecule has 0 spiro atoms. The first-order valence-corrected chi connectivity index (χ1v) is 6.78. The summed E-state index contributed by atoms with van der Waals surface area (Å²) in [4.78, 5) is 13.4. The van der Waals surface area contributed by atoms with Crippen LogP contribution in [0.4, 0.5) is 36.8 Å². The van der Waals surface area contributed by atoms with Crippen LogP contribution >= 0.6 is 0 Å². The minimum Gasteiger partial charge on any atom is -0.382 e. The van der Waals surface area contributed by atoms with E-state index in [1.807, 2.05) is 0 Å². The first-order valence-electron chi connectivity index (χ1n) is 6.78. The van der Waals surface area contributed by atoms with Gasteiger partial charge in [-0.25, -0.2) is 4.79 Å². The van der Waals surface area contributed by atoms with Crippen LogP contribution in [-0.2, 0) is 6.18 Å². The van der Waals surface area contributed by atoms with Gasteiger partial charge in [-0.05, 0) is 18.2 Å². The van der Waals surface area contributed by atoms with E-state index >= 15 is 0 Å². The van der Waals surface area contributed by atoms with Crippen molar-refractivity contribution in [2.24, 2.45) is 0 Å². The van der Waals surface area contributed by atoms with Gasteiger partial charge in [0.15, 0.2) is 6.10 Å². The molecule has 1 saturated heterocycles. The molecule has 2 rings (SSSR count). The van der Waals surface area contributed by atoms with Crippen molar-refractivity contribution in [3.63, 3.8) is 0 Å². The van der Waals surface area contributed by atoms with Crippen LogP contribution < -0.4 is 4.90 Å². The molecule has 0 aromatic heterocycles. The van der Waals surface area contributed by atoms with E-state index in [9.17, 15) is 36.2 Å². The molecule has 1 N–H and O–H groups in total. The van der Waals surface area contributed by atoms with Gasteiger partial charge in [-0.3, -0.25) is 4.90 Å². The second kappa shape index (κ2) is 6.11. The average Bonchev–Trinajstić information content (AvgIpc) is 2.79. The minimum atomic E-state index is -5.06. The number of benzene rings is 1. The molecule has 136 valence electrons. The van der Waals surface area contributed by atoms with Gasteiger partial charge in [0.1, 0.15) is 0 Å². The molecule has 1 aliphatic rings. The van der Waals surface area contributed by atoms with E-state index in [1.54, 1.807) is 0 Å². The smallest absolute Gasteiger partial charge is 0.382 e. The number of hydrogen-bond acceptors (Lipinski definition) is 3. The number of halogens is 6. The largest absolute Gasteiger partial charge is 0.417 e. The molecule has 1 aromatic carbocycles. The lowest BCUT2D eigenvalue weighted by atomic mass is 10.0. The number of carbonyl (C=O) groups excluding carboxylic acids is 1. The number of amides is 2. The summed E-state index contributed by atoms with van der Waals surface area (Å²) in [7, 11) is 1.16. The van der Waals surface area contributed by atoms with Gasteiger partial charge in [0, 0.05) is 19.3 Å². The van der Waals surface area contributed by atoms with Gasteiger partial charge in [-0.1, -0.05) is 0 Å². The lowest BCUT2D eigenvalue weighted by molar-refractivity contribution is -0.208.